The number of ether oxygens (including phenoxy) is 6. The summed E-state index contributed by atoms with van der Waals surface area (Å²) < 4.78 is 35.6. The van der Waals surface area contributed by atoms with E-state index in [1.807, 2.05) is 13.8 Å². The molecule has 4 aliphatic heterocycles. The molecule has 7 fully saturated rings. The van der Waals surface area contributed by atoms with Crippen LogP contribution in [0.5, 0.6) is 0 Å². The van der Waals surface area contributed by atoms with Crippen LogP contribution < -0.4 is 0 Å². The first-order valence-electron chi connectivity index (χ1n) is 20.5. The van der Waals surface area contributed by atoms with Crippen LogP contribution in [0.25, 0.3) is 0 Å². The van der Waals surface area contributed by atoms with Gasteiger partial charge in [0.15, 0.2) is 12.6 Å². The van der Waals surface area contributed by atoms with Gasteiger partial charge in [0.05, 0.1) is 37.1 Å². The molecule has 0 aromatic heterocycles. The largest absolute Gasteiger partial charge is 0.458 e. The zero-order valence-corrected chi connectivity index (χ0v) is 33.0. The van der Waals surface area contributed by atoms with Gasteiger partial charge in [0, 0.05) is 30.3 Å². The zero-order chi connectivity index (χ0) is 40.5. The molecule has 56 heavy (non-hydrogen) atoms. The van der Waals surface area contributed by atoms with Crippen LogP contribution in [0, 0.1) is 40.4 Å². The van der Waals surface area contributed by atoms with E-state index < -0.39 is 103 Å². The number of hydrogen-bond acceptors (Lipinski definition) is 16. The molecule has 0 aromatic carbocycles. The molecule has 0 amide bonds. The van der Waals surface area contributed by atoms with E-state index in [4.69, 9.17) is 28.4 Å². The summed E-state index contributed by atoms with van der Waals surface area (Å²) >= 11 is 0. The van der Waals surface area contributed by atoms with Crippen LogP contribution in [0.3, 0.4) is 0 Å². The molecule has 0 spiro atoms. The van der Waals surface area contributed by atoms with Gasteiger partial charge >= 0.3 is 5.97 Å². The van der Waals surface area contributed by atoms with Crippen LogP contribution in [-0.4, -0.2) is 162 Å². The third-order valence-electron chi connectivity index (χ3n) is 16.3. The standard InChI is InChI=1S/C40H62O16/c1-14-9-22(53-35(49)15(14)2)16(3)26-21(42)11-20-25-19(7-8-38(20,26)5)39(6)24(43)10-18(12-40(39,50)34-33(25)55-34)52-37-31(48)29(46)32(23(13-41)54-37)56-36-30(47)28(45)27(44)17(4)51-36/h16-34,36-37,41-48,50H,7-13H2,1-6H3/t16-,17+,18-,19+,20+,21+,22+,23-,24+,25-,26+,27+,28+,29-,30-,31-,32-,33-,34-,36-,37-,38+,39+,40-/m0/s1. The number of aliphatic hydroxyl groups is 9. The van der Waals surface area contributed by atoms with Crippen molar-refractivity contribution in [1.29, 1.82) is 0 Å². The lowest BCUT2D eigenvalue weighted by Gasteiger charge is -2.64. The minimum absolute atomic E-state index is 0.0271. The minimum Gasteiger partial charge on any atom is -0.458 e. The van der Waals surface area contributed by atoms with E-state index in [9.17, 15) is 50.8 Å². The number of fused-ring (bicyclic) bond motifs is 8. The highest BCUT2D eigenvalue weighted by Gasteiger charge is 2.79. The minimum atomic E-state index is -1.72. The van der Waals surface area contributed by atoms with E-state index in [1.165, 1.54) is 6.92 Å². The number of carbonyl (C=O) groups excluding carboxylic acids is 1. The van der Waals surface area contributed by atoms with Crippen LogP contribution in [-0.2, 0) is 33.2 Å². The normalized spacial score (nSPS) is 57.4. The quantitative estimate of drug-likeness (QED) is 0.0852. The Morgan fingerprint density at radius 3 is 2.23 bits per heavy atom. The van der Waals surface area contributed by atoms with Crippen molar-refractivity contribution < 1.29 is 79.2 Å². The first-order valence-corrected chi connectivity index (χ1v) is 20.5. The highest BCUT2D eigenvalue weighted by atomic mass is 16.7. The Balaban J connectivity index is 0.964. The van der Waals surface area contributed by atoms with Gasteiger partial charge < -0.3 is 74.4 Å². The second-order valence-electron chi connectivity index (χ2n) is 19.0. The fourth-order valence-electron chi connectivity index (χ4n) is 12.9. The number of epoxide rings is 1. The maximum absolute atomic E-state index is 12.7. The van der Waals surface area contributed by atoms with Gasteiger partial charge in [-0.15, -0.1) is 0 Å². The monoisotopic (exact) mass is 798 g/mol. The number of carbonyl (C=O) groups is 1. The predicted molar refractivity (Wildman–Crippen MR) is 191 cm³/mol. The fourth-order valence-corrected chi connectivity index (χ4v) is 12.9. The van der Waals surface area contributed by atoms with Crippen molar-refractivity contribution >= 4 is 5.97 Å². The summed E-state index contributed by atoms with van der Waals surface area (Å²) in [6.07, 6.45) is -15.8. The topological polar surface area (TPSA) is 258 Å². The zero-order valence-electron chi connectivity index (χ0n) is 33.0. The Morgan fingerprint density at radius 1 is 0.875 bits per heavy atom. The van der Waals surface area contributed by atoms with Crippen LogP contribution in [0.2, 0.25) is 0 Å². The van der Waals surface area contributed by atoms with Gasteiger partial charge in [-0.2, -0.15) is 0 Å². The predicted octanol–water partition coefficient (Wildman–Crippen LogP) is -0.986. The Bertz CT molecular complexity index is 1540. The van der Waals surface area contributed by atoms with Gasteiger partial charge in [-0.25, -0.2) is 4.79 Å². The van der Waals surface area contributed by atoms with Gasteiger partial charge in [-0.3, -0.25) is 0 Å². The first-order chi connectivity index (χ1) is 26.3. The molecule has 9 N–H and O–H groups in total. The second-order valence-corrected chi connectivity index (χ2v) is 19.0. The Kier molecular flexibility index (Phi) is 10.6. The number of aliphatic hydroxyl groups excluding tert-OH is 8. The van der Waals surface area contributed by atoms with Crippen molar-refractivity contribution in [1.82, 2.24) is 0 Å². The Labute approximate surface area is 326 Å². The van der Waals surface area contributed by atoms with Gasteiger partial charge in [0.2, 0.25) is 0 Å². The molecule has 0 bridgehead atoms. The molecular formula is C40H62O16. The maximum Gasteiger partial charge on any atom is 0.333 e. The van der Waals surface area contributed by atoms with Crippen LogP contribution in [0.4, 0.5) is 0 Å². The third kappa shape index (κ3) is 6.03. The lowest BCUT2D eigenvalue weighted by molar-refractivity contribution is -0.365. The summed E-state index contributed by atoms with van der Waals surface area (Å²) in [6.45, 7) is 10.8. The molecule has 4 aliphatic carbocycles. The Morgan fingerprint density at radius 2 is 1.55 bits per heavy atom. The first kappa shape index (κ1) is 41.4. The van der Waals surface area contributed by atoms with Gasteiger partial charge in [-0.1, -0.05) is 26.3 Å². The second kappa shape index (κ2) is 14.4. The third-order valence-corrected chi connectivity index (χ3v) is 16.3. The van der Waals surface area contributed by atoms with Crippen LogP contribution >= 0.6 is 0 Å². The number of rotatable bonds is 7. The van der Waals surface area contributed by atoms with Crippen molar-refractivity contribution in [2.45, 2.75) is 184 Å². The summed E-state index contributed by atoms with van der Waals surface area (Å²) in [5, 5.41) is 99.8. The molecule has 24 atom stereocenters. The molecule has 16 nitrogen and oxygen atoms in total. The molecule has 318 valence electrons. The summed E-state index contributed by atoms with van der Waals surface area (Å²) in [6, 6.07) is 0. The number of hydrogen-bond donors (Lipinski definition) is 9. The van der Waals surface area contributed by atoms with Gasteiger partial charge in [0.1, 0.15) is 60.5 Å². The van der Waals surface area contributed by atoms with Crippen molar-refractivity contribution in [2.24, 2.45) is 40.4 Å². The molecule has 0 radical (unpaired) electrons. The molecule has 0 unspecified atom stereocenters. The summed E-state index contributed by atoms with van der Waals surface area (Å²) in [7, 11) is 0. The van der Waals surface area contributed by atoms with Crippen molar-refractivity contribution in [3.05, 3.63) is 11.1 Å². The molecule has 4 saturated carbocycles. The SMILES string of the molecule is CC1=C(C)C(=O)O[C@@H]([C@H](C)[C@@H]2[C@H](O)C[C@@H]3[C@H]4[C@@H]5O[C@@H]5[C@@]5(O)C[C@@H](O[C@H]6O[C@@H](CO)[C@H](O[C@@H]7O[C@H](C)[C@@H](O)[C@@H](O)[C@@H]7O)[C@@H](O)[C@@H]6O)C[C@@H](O)[C@@]5(C)[C@@H]4CC[C@@]23C)C1. The van der Waals surface area contributed by atoms with Crippen LogP contribution in [0.15, 0.2) is 11.1 Å². The molecule has 0 aromatic rings. The van der Waals surface area contributed by atoms with Crippen LogP contribution in [0.1, 0.15) is 80.1 Å². The molecule has 8 rings (SSSR count). The van der Waals surface area contributed by atoms with E-state index in [0.717, 1.165) is 12.0 Å². The molecular weight excluding hydrogens is 736 g/mol. The lowest BCUT2D eigenvalue weighted by atomic mass is 9.42. The van der Waals surface area contributed by atoms with E-state index in [-0.39, 0.29) is 66.0 Å². The summed E-state index contributed by atoms with van der Waals surface area (Å²) in [5.74, 6) is -0.627. The average Bonchev–Trinajstić information content (AvgIpc) is 3.91. The fraction of sp³-hybridized carbons (Fsp3) is 0.925. The summed E-state index contributed by atoms with van der Waals surface area (Å²) in [5.41, 5.74) is -1.16. The lowest BCUT2D eigenvalue weighted by Crippen LogP contribution is -2.71. The van der Waals surface area contributed by atoms with Crippen molar-refractivity contribution in [3.63, 3.8) is 0 Å². The molecule has 8 aliphatic rings. The summed E-state index contributed by atoms with van der Waals surface area (Å²) in [4.78, 5) is 12.7. The smallest absolute Gasteiger partial charge is 0.333 e. The average molecular weight is 799 g/mol. The van der Waals surface area contributed by atoms with Gasteiger partial charge in [-0.05, 0) is 75.0 Å². The van der Waals surface area contributed by atoms with Crippen molar-refractivity contribution in [3.8, 4) is 0 Å². The number of esters is 1. The Hall–Kier alpha value is -1.35. The maximum atomic E-state index is 12.7. The number of cyclic esters (lactones) is 1. The van der Waals surface area contributed by atoms with E-state index in [2.05, 4.69) is 13.8 Å². The van der Waals surface area contributed by atoms with E-state index in [0.29, 0.717) is 24.8 Å². The molecule has 3 saturated heterocycles. The molecule has 4 heterocycles. The van der Waals surface area contributed by atoms with E-state index >= 15 is 0 Å². The highest BCUT2D eigenvalue weighted by Crippen LogP contribution is 2.73. The van der Waals surface area contributed by atoms with Crippen molar-refractivity contribution in [2.75, 3.05) is 6.61 Å². The molecule has 16 heteroatoms. The van der Waals surface area contributed by atoms with E-state index in [1.54, 1.807) is 6.92 Å². The van der Waals surface area contributed by atoms with Gasteiger partial charge in [0.25, 0.3) is 0 Å². The highest BCUT2D eigenvalue weighted by molar-refractivity contribution is 5.89.